The molecule has 0 unspecified atom stereocenters. The fourth-order valence-corrected chi connectivity index (χ4v) is 2.74. The molecular formula is C20H25N5O. The van der Waals surface area contributed by atoms with Crippen LogP contribution in [0.3, 0.4) is 0 Å². The summed E-state index contributed by atoms with van der Waals surface area (Å²) >= 11 is 0. The number of aliphatic imine (C=N–C) groups is 1. The molecule has 26 heavy (non-hydrogen) atoms. The zero-order valence-electron chi connectivity index (χ0n) is 15.5. The van der Waals surface area contributed by atoms with Crippen LogP contribution in [0.1, 0.15) is 23.9 Å². The number of ether oxygens (including phenoxy) is 1. The number of aromatic nitrogens is 2. The van der Waals surface area contributed by atoms with Crippen LogP contribution in [0.4, 0.5) is 0 Å². The van der Waals surface area contributed by atoms with Crippen LogP contribution in [0, 0.1) is 6.92 Å². The van der Waals surface area contributed by atoms with Gasteiger partial charge in [0.25, 0.3) is 0 Å². The molecular weight excluding hydrogens is 326 g/mol. The van der Waals surface area contributed by atoms with Gasteiger partial charge in [-0.3, -0.25) is 0 Å². The van der Waals surface area contributed by atoms with E-state index in [9.17, 15) is 0 Å². The third-order valence-corrected chi connectivity index (χ3v) is 4.08. The van der Waals surface area contributed by atoms with Gasteiger partial charge in [-0.2, -0.15) is 0 Å². The van der Waals surface area contributed by atoms with E-state index in [0.29, 0.717) is 13.1 Å². The molecule has 0 bridgehead atoms. The highest BCUT2D eigenvalue weighted by Gasteiger charge is 2.04. The third kappa shape index (κ3) is 4.33. The number of aryl methyl sites for hydroxylation is 1. The maximum absolute atomic E-state index is 5.26. The number of guanidine groups is 1. The lowest BCUT2D eigenvalue weighted by Gasteiger charge is -2.10. The second kappa shape index (κ2) is 8.38. The summed E-state index contributed by atoms with van der Waals surface area (Å²) in [6.45, 7) is 6.12. The first-order valence-corrected chi connectivity index (χ1v) is 8.78. The molecule has 0 saturated carbocycles. The van der Waals surface area contributed by atoms with Gasteiger partial charge in [0.2, 0.25) is 0 Å². The van der Waals surface area contributed by atoms with Gasteiger partial charge >= 0.3 is 0 Å². The second-order valence-electron chi connectivity index (χ2n) is 6.03. The molecule has 0 aliphatic heterocycles. The van der Waals surface area contributed by atoms with Crippen molar-refractivity contribution in [3.8, 4) is 5.75 Å². The molecule has 0 aliphatic carbocycles. The molecule has 2 N–H and O–H groups in total. The smallest absolute Gasteiger partial charge is 0.191 e. The van der Waals surface area contributed by atoms with Gasteiger partial charge in [-0.1, -0.05) is 18.2 Å². The lowest BCUT2D eigenvalue weighted by Crippen LogP contribution is -2.36. The van der Waals surface area contributed by atoms with Gasteiger partial charge in [0.1, 0.15) is 11.4 Å². The molecule has 2 aromatic heterocycles. The Morgan fingerprint density at radius 3 is 2.81 bits per heavy atom. The van der Waals surface area contributed by atoms with Crippen LogP contribution in [-0.2, 0) is 13.1 Å². The molecule has 0 saturated heterocycles. The minimum atomic E-state index is 0.580. The number of hydrogen-bond acceptors (Lipinski definition) is 3. The van der Waals surface area contributed by atoms with Gasteiger partial charge in [0.05, 0.1) is 25.9 Å². The van der Waals surface area contributed by atoms with Gasteiger partial charge in [0, 0.05) is 18.4 Å². The molecule has 2 heterocycles. The lowest BCUT2D eigenvalue weighted by molar-refractivity contribution is 0.414. The Hall–Kier alpha value is -3.02. The van der Waals surface area contributed by atoms with Crippen LogP contribution >= 0.6 is 0 Å². The van der Waals surface area contributed by atoms with Crippen LogP contribution in [0.15, 0.2) is 53.7 Å². The van der Waals surface area contributed by atoms with E-state index in [4.69, 9.17) is 4.74 Å². The molecule has 3 rings (SSSR count). The standard InChI is InChI=1S/C20H25N5O/c1-4-21-20(22-12-16-8-6-9-18(11-16)26-3)23-13-17-14-25-15(2)7-5-10-19(25)24-17/h5-11,14H,4,12-13H2,1-3H3,(H2,21,22,23). The fraction of sp³-hybridized carbons (Fsp3) is 0.300. The van der Waals surface area contributed by atoms with E-state index in [1.807, 2.05) is 36.4 Å². The van der Waals surface area contributed by atoms with Crippen molar-refractivity contribution >= 4 is 11.6 Å². The van der Waals surface area contributed by atoms with Crippen LogP contribution in [0.2, 0.25) is 0 Å². The summed E-state index contributed by atoms with van der Waals surface area (Å²) in [7, 11) is 1.67. The van der Waals surface area contributed by atoms with E-state index in [-0.39, 0.29) is 0 Å². The maximum atomic E-state index is 5.26. The van der Waals surface area contributed by atoms with Crippen molar-refractivity contribution in [3.05, 3.63) is 65.6 Å². The number of imidazole rings is 1. The van der Waals surface area contributed by atoms with E-state index in [2.05, 4.69) is 51.1 Å². The first kappa shape index (κ1) is 17.8. The molecule has 6 nitrogen and oxygen atoms in total. The normalized spacial score (nSPS) is 11.6. The van der Waals surface area contributed by atoms with Crippen molar-refractivity contribution < 1.29 is 4.74 Å². The highest BCUT2D eigenvalue weighted by molar-refractivity contribution is 5.79. The topological polar surface area (TPSA) is 63.0 Å². The minimum Gasteiger partial charge on any atom is -0.497 e. The first-order chi connectivity index (χ1) is 12.7. The SMILES string of the molecule is CCNC(=NCc1cccc(OC)c1)NCc1cn2c(C)cccc2n1. The quantitative estimate of drug-likeness (QED) is 0.529. The third-order valence-electron chi connectivity index (χ3n) is 4.08. The summed E-state index contributed by atoms with van der Waals surface area (Å²) in [6.07, 6.45) is 2.06. The Balaban J connectivity index is 1.67. The number of methoxy groups -OCH3 is 1. The van der Waals surface area contributed by atoms with Crippen molar-refractivity contribution in [1.82, 2.24) is 20.0 Å². The van der Waals surface area contributed by atoms with Gasteiger partial charge in [0.15, 0.2) is 5.96 Å². The Kier molecular flexibility index (Phi) is 5.73. The molecule has 0 radical (unpaired) electrons. The van der Waals surface area contributed by atoms with E-state index in [0.717, 1.165) is 35.2 Å². The summed E-state index contributed by atoms with van der Waals surface area (Å²) in [5.41, 5.74) is 4.20. The number of nitrogens with zero attached hydrogens (tertiary/aromatic N) is 3. The highest BCUT2D eigenvalue weighted by atomic mass is 16.5. The molecule has 0 spiro atoms. The summed E-state index contributed by atoms with van der Waals surface area (Å²) in [4.78, 5) is 9.30. The van der Waals surface area contributed by atoms with Crippen molar-refractivity contribution in [1.29, 1.82) is 0 Å². The number of fused-ring (bicyclic) bond motifs is 1. The second-order valence-corrected chi connectivity index (χ2v) is 6.03. The van der Waals surface area contributed by atoms with Crippen LogP contribution < -0.4 is 15.4 Å². The van der Waals surface area contributed by atoms with Crippen molar-refractivity contribution in [2.24, 2.45) is 4.99 Å². The molecule has 3 aromatic rings. The van der Waals surface area contributed by atoms with Crippen LogP contribution in [0.25, 0.3) is 5.65 Å². The van der Waals surface area contributed by atoms with Crippen molar-refractivity contribution in [2.75, 3.05) is 13.7 Å². The van der Waals surface area contributed by atoms with Crippen LogP contribution in [0.5, 0.6) is 5.75 Å². The predicted octanol–water partition coefficient (Wildman–Crippen LogP) is 2.91. The monoisotopic (exact) mass is 351 g/mol. The van der Waals surface area contributed by atoms with E-state index >= 15 is 0 Å². The predicted molar refractivity (Wildman–Crippen MR) is 105 cm³/mol. The molecule has 1 aromatic carbocycles. The summed E-state index contributed by atoms with van der Waals surface area (Å²) in [6, 6.07) is 14.1. The number of pyridine rings is 1. The van der Waals surface area contributed by atoms with Crippen LogP contribution in [-0.4, -0.2) is 29.0 Å². The molecule has 0 aliphatic rings. The van der Waals surface area contributed by atoms with Crippen molar-refractivity contribution in [2.45, 2.75) is 26.9 Å². The number of nitrogens with one attached hydrogen (secondary N) is 2. The molecule has 0 amide bonds. The lowest BCUT2D eigenvalue weighted by atomic mass is 10.2. The summed E-state index contributed by atoms with van der Waals surface area (Å²) < 4.78 is 7.36. The molecule has 0 atom stereocenters. The Labute approximate surface area is 153 Å². The highest BCUT2D eigenvalue weighted by Crippen LogP contribution is 2.13. The largest absolute Gasteiger partial charge is 0.497 e. The van der Waals surface area contributed by atoms with E-state index < -0.39 is 0 Å². The van der Waals surface area contributed by atoms with Crippen molar-refractivity contribution in [3.63, 3.8) is 0 Å². The van der Waals surface area contributed by atoms with E-state index in [1.54, 1.807) is 7.11 Å². The minimum absolute atomic E-state index is 0.580. The fourth-order valence-electron chi connectivity index (χ4n) is 2.74. The zero-order valence-corrected chi connectivity index (χ0v) is 15.5. The Morgan fingerprint density at radius 1 is 1.19 bits per heavy atom. The first-order valence-electron chi connectivity index (χ1n) is 8.78. The summed E-state index contributed by atoms with van der Waals surface area (Å²) in [5, 5.41) is 6.62. The molecule has 136 valence electrons. The average Bonchev–Trinajstić information content (AvgIpc) is 3.09. The average molecular weight is 351 g/mol. The number of rotatable bonds is 6. The Morgan fingerprint density at radius 2 is 2.04 bits per heavy atom. The van der Waals surface area contributed by atoms with Gasteiger partial charge in [-0.25, -0.2) is 9.98 Å². The molecule has 6 heteroatoms. The molecule has 0 fully saturated rings. The summed E-state index contributed by atoms with van der Waals surface area (Å²) in [5.74, 6) is 1.61. The van der Waals surface area contributed by atoms with Gasteiger partial charge in [-0.05, 0) is 43.7 Å². The maximum Gasteiger partial charge on any atom is 0.191 e. The van der Waals surface area contributed by atoms with Gasteiger partial charge < -0.3 is 19.8 Å². The van der Waals surface area contributed by atoms with E-state index in [1.165, 1.54) is 5.69 Å². The van der Waals surface area contributed by atoms with Gasteiger partial charge in [-0.15, -0.1) is 0 Å². The number of benzene rings is 1. The Bertz CT molecular complexity index is 900. The number of hydrogen-bond donors (Lipinski definition) is 2. The zero-order chi connectivity index (χ0) is 18.4.